The van der Waals surface area contributed by atoms with Crippen LogP contribution in [0.25, 0.3) is 0 Å². The second-order valence-electron chi connectivity index (χ2n) is 5.64. The summed E-state index contributed by atoms with van der Waals surface area (Å²) in [5, 5.41) is 12.4. The van der Waals surface area contributed by atoms with Crippen molar-refractivity contribution < 1.29 is 23.1 Å². The highest BCUT2D eigenvalue weighted by Gasteiger charge is 2.52. The van der Waals surface area contributed by atoms with Gasteiger partial charge in [0.15, 0.2) is 0 Å². The van der Waals surface area contributed by atoms with Gasteiger partial charge in [0.1, 0.15) is 5.54 Å². The van der Waals surface area contributed by atoms with Crippen molar-refractivity contribution in [3.05, 3.63) is 0 Å². The van der Waals surface area contributed by atoms with E-state index in [4.69, 9.17) is 0 Å². The molecule has 0 aromatic carbocycles. The zero-order chi connectivity index (χ0) is 14.8. The molecule has 0 spiro atoms. The first kappa shape index (κ1) is 16.2. The van der Waals surface area contributed by atoms with Gasteiger partial charge >= 0.3 is 12.1 Å². The predicted molar refractivity (Wildman–Crippen MR) is 64.9 cm³/mol. The van der Waals surface area contributed by atoms with Gasteiger partial charge in [0.05, 0.1) is 6.54 Å². The minimum atomic E-state index is -4.32. The Bertz CT molecular complexity index is 329. The number of carboxylic acids is 1. The van der Waals surface area contributed by atoms with Crippen LogP contribution in [0.15, 0.2) is 0 Å². The Balaban J connectivity index is 2.81. The van der Waals surface area contributed by atoms with Gasteiger partial charge in [-0.1, -0.05) is 0 Å². The monoisotopic (exact) mass is 282 g/mol. The minimum absolute atomic E-state index is 0.0944. The normalized spacial score (nSPS) is 19.8. The number of nitrogens with zero attached hydrogens (tertiary/aromatic N) is 1. The second-order valence-corrected chi connectivity index (χ2v) is 5.64. The summed E-state index contributed by atoms with van der Waals surface area (Å²) < 4.78 is 37.1. The molecule has 1 atom stereocenters. The molecule has 0 aromatic rings. The number of carbonyl (C=O) groups is 1. The average molecular weight is 282 g/mol. The van der Waals surface area contributed by atoms with E-state index in [1.807, 2.05) is 0 Å². The van der Waals surface area contributed by atoms with E-state index in [-0.39, 0.29) is 18.5 Å². The zero-order valence-electron chi connectivity index (χ0n) is 11.4. The van der Waals surface area contributed by atoms with Crippen molar-refractivity contribution >= 4 is 5.97 Å². The lowest BCUT2D eigenvalue weighted by Gasteiger charge is -2.36. The van der Waals surface area contributed by atoms with Gasteiger partial charge in [-0.15, -0.1) is 0 Å². The van der Waals surface area contributed by atoms with Gasteiger partial charge in [0.25, 0.3) is 0 Å². The SMILES string of the molecule is CC(C)NC(CN(C)CC(F)(F)F)(C(=O)O)C1CC1. The Kier molecular flexibility index (Phi) is 4.84. The molecule has 1 saturated carbocycles. The summed E-state index contributed by atoms with van der Waals surface area (Å²) in [7, 11) is 1.30. The van der Waals surface area contributed by atoms with Crippen LogP contribution in [-0.2, 0) is 4.79 Å². The first-order valence-corrected chi connectivity index (χ1v) is 6.33. The van der Waals surface area contributed by atoms with Crippen LogP contribution in [0.5, 0.6) is 0 Å². The highest BCUT2D eigenvalue weighted by molar-refractivity contribution is 5.80. The number of hydrogen-bond donors (Lipinski definition) is 2. The Morgan fingerprint density at radius 3 is 2.21 bits per heavy atom. The van der Waals surface area contributed by atoms with Crippen LogP contribution in [0.4, 0.5) is 13.2 Å². The molecule has 19 heavy (non-hydrogen) atoms. The first-order valence-electron chi connectivity index (χ1n) is 6.33. The Morgan fingerprint density at radius 2 is 1.89 bits per heavy atom. The van der Waals surface area contributed by atoms with E-state index in [1.54, 1.807) is 13.8 Å². The molecule has 0 heterocycles. The molecule has 0 saturated heterocycles. The van der Waals surface area contributed by atoms with E-state index in [0.29, 0.717) is 0 Å². The lowest BCUT2D eigenvalue weighted by Crippen LogP contribution is -2.62. The summed E-state index contributed by atoms with van der Waals surface area (Å²) in [6, 6.07) is -0.101. The van der Waals surface area contributed by atoms with Crippen molar-refractivity contribution in [3.8, 4) is 0 Å². The number of aliphatic carboxylic acids is 1. The van der Waals surface area contributed by atoms with Crippen molar-refractivity contribution in [2.45, 2.75) is 44.4 Å². The van der Waals surface area contributed by atoms with Gasteiger partial charge in [-0.25, -0.2) is 0 Å². The van der Waals surface area contributed by atoms with E-state index in [0.717, 1.165) is 17.7 Å². The zero-order valence-corrected chi connectivity index (χ0v) is 11.4. The Morgan fingerprint density at radius 1 is 1.37 bits per heavy atom. The summed E-state index contributed by atoms with van der Waals surface area (Å²) in [5.74, 6) is -1.17. The topological polar surface area (TPSA) is 52.6 Å². The number of hydrogen-bond acceptors (Lipinski definition) is 3. The molecule has 112 valence electrons. The van der Waals surface area contributed by atoms with Crippen LogP contribution in [0, 0.1) is 5.92 Å². The molecule has 0 amide bonds. The number of carboxylic acid groups (broad SMARTS) is 1. The largest absolute Gasteiger partial charge is 0.480 e. The number of halogens is 3. The third-order valence-corrected chi connectivity index (χ3v) is 3.17. The van der Waals surface area contributed by atoms with E-state index in [2.05, 4.69) is 5.32 Å². The molecule has 0 bridgehead atoms. The number of nitrogens with one attached hydrogen (secondary N) is 1. The fourth-order valence-corrected chi connectivity index (χ4v) is 2.48. The molecule has 1 unspecified atom stereocenters. The quantitative estimate of drug-likeness (QED) is 0.746. The maximum atomic E-state index is 12.4. The van der Waals surface area contributed by atoms with E-state index in [9.17, 15) is 23.1 Å². The molecule has 2 N–H and O–H groups in total. The fraction of sp³-hybridized carbons (Fsp3) is 0.917. The summed E-state index contributed by atoms with van der Waals surface area (Å²) in [6.45, 7) is 2.34. The molecule has 7 heteroatoms. The van der Waals surface area contributed by atoms with Crippen molar-refractivity contribution in [2.24, 2.45) is 5.92 Å². The van der Waals surface area contributed by atoms with Gasteiger partial charge in [-0.05, 0) is 39.7 Å². The molecule has 4 nitrogen and oxygen atoms in total. The summed E-state index contributed by atoms with van der Waals surface area (Å²) in [6.07, 6.45) is -2.84. The van der Waals surface area contributed by atoms with Crippen molar-refractivity contribution in [2.75, 3.05) is 20.1 Å². The summed E-state index contributed by atoms with van der Waals surface area (Å²) >= 11 is 0. The third kappa shape index (κ3) is 4.65. The predicted octanol–water partition coefficient (Wildman–Crippen LogP) is 1.71. The van der Waals surface area contributed by atoms with Crippen molar-refractivity contribution in [3.63, 3.8) is 0 Å². The Hall–Kier alpha value is -0.820. The van der Waals surface area contributed by atoms with Crippen LogP contribution >= 0.6 is 0 Å². The van der Waals surface area contributed by atoms with E-state index >= 15 is 0 Å². The molecule has 1 aliphatic rings. The van der Waals surface area contributed by atoms with Crippen molar-refractivity contribution in [1.29, 1.82) is 0 Å². The van der Waals surface area contributed by atoms with Gasteiger partial charge in [0, 0.05) is 12.6 Å². The van der Waals surface area contributed by atoms with Gasteiger partial charge < -0.3 is 5.11 Å². The standard InChI is InChI=1S/C12H21F3N2O2/c1-8(2)16-11(10(18)19,9-4-5-9)6-17(3)7-12(13,14)15/h8-9,16H,4-7H2,1-3H3,(H,18,19). The molecular formula is C12H21F3N2O2. The van der Waals surface area contributed by atoms with Gasteiger partial charge in [0.2, 0.25) is 0 Å². The van der Waals surface area contributed by atoms with E-state index < -0.39 is 24.2 Å². The lowest BCUT2D eigenvalue weighted by molar-refractivity contribution is -0.156. The van der Waals surface area contributed by atoms with Crippen molar-refractivity contribution in [1.82, 2.24) is 10.2 Å². The van der Waals surface area contributed by atoms with E-state index in [1.165, 1.54) is 7.05 Å². The highest BCUT2D eigenvalue weighted by atomic mass is 19.4. The Labute approximate surface area is 111 Å². The molecule has 0 aromatic heterocycles. The van der Waals surface area contributed by atoms with Gasteiger partial charge in [-0.3, -0.25) is 15.0 Å². The molecule has 1 aliphatic carbocycles. The van der Waals surface area contributed by atoms with Crippen LogP contribution in [-0.4, -0.2) is 53.9 Å². The molecule has 0 aliphatic heterocycles. The average Bonchev–Trinajstić information content (AvgIpc) is 2.94. The smallest absolute Gasteiger partial charge is 0.401 e. The summed E-state index contributed by atoms with van der Waals surface area (Å²) in [5.41, 5.74) is -1.28. The maximum absolute atomic E-state index is 12.4. The number of likely N-dealkylation sites (N-methyl/N-ethyl adjacent to an activating group) is 1. The number of alkyl halides is 3. The van der Waals surface area contributed by atoms with Crippen LogP contribution in [0.1, 0.15) is 26.7 Å². The number of rotatable bonds is 7. The van der Waals surface area contributed by atoms with Crippen LogP contribution in [0.2, 0.25) is 0 Å². The molecule has 1 rings (SSSR count). The summed E-state index contributed by atoms with van der Waals surface area (Å²) in [4.78, 5) is 12.6. The minimum Gasteiger partial charge on any atom is -0.480 e. The fourth-order valence-electron chi connectivity index (χ4n) is 2.48. The molecule has 0 radical (unpaired) electrons. The lowest BCUT2D eigenvalue weighted by atomic mass is 9.91. The highest BCUT2D eigenvalue weighted by Crippen LogP contribution is 2.41. The van der Waals surface area contributed by atoms with Gasteiger partial charge in [-0.2, -0.15) is 13.2 Å². The first-order chi connectivity index (χ1) is 8.57. The molecular weight excluding hydrogens is 261 g/mol. The second kappa shape index (κ2) is 5.66. The maximum Gasteiger partial charge on any atom is 0.401 e. The molecule has 1 fully saturated rings. The third-order valence-electron chi connectivity index (χ3n) is 3.17. The van der Waals surface area contributed by atoms with Crippen LogP contribution in [0.3, 0.4) is 0 Å². The van der Waals surface area contributed by atoms with Crippen LogP contribution < -0.4 is 5.32 Å².